The number of carbonyl (C=O) groups excluding carboxylic acids is 2. The van der Waals surface area contributed by atoms with Gasteiger partial charge in [0.15, 0.2) is 0 Å². The van der Waals surface area contributed by atoms with Crippen molar-refractivity contribution in [1.29, 1.82) is 0 Å². The van der Waals surface area contributed by atoms with E-state index in [0.29, 0.717) is 13.0 Å². The fourth-order valence-electron chi connectivity index (χ4n) is 2.46. The Balaban J connectivity index is 2.03. The molecule has 0 saturated carbocycles. The molecule has 108 valence electrons. The van der Waals surface area contributed by atoms with Gasteiger partial charge in [0.1, 0.15) is 6.04 Å². The number of hydrogen-bond donors (Lipinski definition) is 3. The molecular formula is C15H21N3O2. The largest absolute Gasteiger partial charge is 0.368 e. The van der Waals surface area contributed by atoms with Crippen molar-refractivity contribution < 1.29 is 9.59 Å². The summed E-state index contributed by atoms with van der Waals surface area (Å²) in [5.41, 5.74) is 7.71. The fraction of sp³-hybridized carbons (Fsp3) is 0.467. The number of carbonyl (C=O) groups is 2. The van der Waals surface area contributed by atoms with E-state index in [2.05, 4.69) is 16.7 Å². The van der Waals surface area contributed by atoms with Crippen molar-refractivity contribution in [3.8, 4) is 0 Å². The Labute approximate surface area is 118 Å². The number of nitrogens with two attached hydrogens (primary N) is 1. The predicted molar refractivity (Wildman–Crippen MR) is 76.7 cm³/mol. The first kappa shape index (κ1) is 14.5. The molecule has 1 aromatic carbocycles. The molecule has 0 spiro atoms. The third kappa shape index (κ3) is 3.17. The molecule has 2 amide bonds. The molecule has 1 aromatic rings. The zero-order chi connectivity index (χ0) is 14.7. The van der Waals surface area contributed by atoms with E-state index in [-0.39, 0.29) is 17.9 Å². The molecule has 0 fully saturated rings. The van der Waals surface area contributed by atoms with Gasteiger partial charge in [-0.15, -0.1) is 0 Å². The summed E-state index contributed by atoms with van der Waals surface area (Å²) in [6.45, 7) is 4.38. The molecule has 0 radical (unpaired) electrons. The molecule has 4 N–H and O–H groups in total. The van der Waals surface area contributed by atoms with E-state index >= 15 is 0 Å². The topological polar surface area (TPSA) is 84.2 Å². The number of hydrogen-bond acceptors (Lipinski definition) is 3. The molecule has 5 heteroatoms. The molecule has 5 nitrogen and oxygen atoms in total. The van der Waals surface area contributed by atoms with Gasteiger partial charge in [-0.1, -0.05) is 38.1 Å². The van der Waals surface area contributed by atoms with E-state index < -0.39 is 11.9 Å². The monoisotopic (exact) mass is 275 g/mol. The first-order valence-corrected chi connectivity index (χ1v) is 6.89. The fourth-order valence-corrected chi connectivity index (χ4v) is 2.46. The third-order valence-corrected chi connectivity index (χ3v) is 3.67. The van der Waals surface area contributed by atoms with Crippen molar-refractivity contribution in [1.82, 2.24) is 10.6 Å². The first-order chi connectivity index (χ1) is 9.49. The van der Waals surface area contributed by atoms with Gasteiger partial charge < -0.3 is 16.4 Å². The lowest BCUT2D eigenvalue weighted by Crippen LogP contribution is -2.55. The van der Waals surface area contributed by atoms with Crippen LogP contribution in [-0.2, 0) is 22.6 Å². The quantitative estimate of drug-likeness (QED) is 0.740. The van der Waals surface area contributed by atoms with Gasteiger partial charge in [-0.05, 0) is 23.5 Å². The first-order valence-electron chi connectivity index (χ1n) is 6.89. The Hall–Kier alpha value is -1.88. The van der Waals surface area contributed by atoms with Crippen LogP contribution >= 0.6 is 0 Å². The van der Waals surface area contributed by atoms with Crippen LogP contribution in [0.4, 0.5) is 0 Å². The van der Waals surface area contributed by atoms with Gasteiger partial charge in [-0.3, -0.25) is 9.59 Å². The normalized spacial score (nSPS) is 19.2. The minimum Gasteiger partial charge on any atom is -0.368 e. The summed E-state index contributed by atoms with van der Waals surface area (Å²) in [5, 5.41) is 5.93. The molecule has 1 heterocycles. The lowest BCUT2D eigenvalue weighted by atomic mass is 9.95. The highest BCUT2D eigenvalue weighted by Gasteiger charge is 2.28. The van der Waals surface area contributed by atoms with Crippen LogP contribution in [0.5, 0.6) is 0 Å². The smallest absolute Gasteiger partial charge is 0.240 e. The lowest BCUT2D eigenvalue weighted by molar-refractivity contribution is -0.129. The van der Waals surface area contributed by atoms with Crippen molar-refractivity contribution in [3.05, 3.63) is 35.4 Å². The second kappa shape index (κ2) is 6.05. The molecule has 1 aliphatic heterocycles. The lowest BCUT2D eigenvalue weighted by Gasteiger charge is -2.27. The van der Waals surface area contributed by atoms with Crippen molar-refractivity contribution in [3.63, 3.8) is 0 Å². The van der Waals surface area contributed by atoms with Crippen LogP contribution in [0, 0.1) is 5.92 Å². The van der Waals surface area contributed by atoms with Crippen LogP contribution < -0.4 is 16.4 Å². The van der Waals surface area contributed by atoms with Gasteiger partial charge in [0, 0.05) is 6.54 Å². The molecule has 1 unspecified atom stereocenters. The van der Waals surface area contributed by atoms with Crippen LogP contribution in [0.2, 0.25) is 0 Å². The van der Waals surface area contributed by atoms with Gasteiger partial charge in [0.25, 0.3) is 0 Å². The summed E-state index contributed by atoms with van der Waals surface area (Å²) in [6, 6.07) is 7.11. The summed E-state index contributed by atoms with van der Waals surface area (Å²) in [4.78, 5) is 23.6. The number of nitrogens with one attached hydrogen (secondary N) is 2. The summed E-state index contributed by atoms with van der Waals surface area (Å²) in [7, 11) is 0. The van der Waals surface area contributed by atoms with Crippen LogP contribution in [0.25, 0.3) is 0 Å². The molecule has 0 aliphatic carbocycles. The van der Waals surface area contributed by atoms with Crippen LogP contribution in [-0.4, -0.2) is 23.9 Å². The minimum absolute atomic E-state index is 0.0210. The average molecular weight is 275 g/mol. The third-order valence-electron chi connectivity index (χ3n) is 3.67. The maximum atomic E-state index is 12.2. The summed E-state index contributed by atoms with van der Waals surface area (Å²) in [6.07, 6.45) is 0.631. The molecule has 1 aliphatic rings. The molecular weight excluding hydrogens is 254 g/mol. The zero-order valence-corrected chi connectivity index (χ0v) is 11.8. The van der Waals surface area contributed by atoms with Crippen LogP contribution in [0.1, 0.15) is 25.0 Å². The number of fused-ring (bicyclic) bond motifs is 1. The molecule has 0 bridgehead atoms. The maximum Gasteiger partial charge on any atom is 0.240 e. The number of benzene rings is 1. The molecule has 2 atom stereocenters. The van der Waals surface area contributed by atoms with Crippen LogP contribution in [0.15, 0.2) is 24.3 Å². The van der Waals surface area contributed by atoms with E-state index in [9.17, 15) is 9.59 Å². The van der Waals surface area contributed by atoms with Crippen molar-refractivity contribution in [2.45, 2.75) is 38.9 Å². The SMILES string of the molecule is CC(C)C(NC(=O)[C@H]1Cc2ccccc2CN1)C(N)=O. The maximum absolute atomic E-state index is 12.2. The Bertz CT molecular complexity index is 514. The summed E-state index contributed by atoms with van der Waals surface area (Å²) < 4.78 is 0. The summed E-state index contributed by atoms with van der Waals surface area (Å²) in [5.74, 6) is -0.686. The molecule has 2 rings (SSSR count). The van der Waals surface area contributed by atoms with E-state index in [4.69, 9.17) is 5.73 Å². The van der Waals surface area contributed by atoms with E-state index in [1.807, 2.05) is 32.0 Å². The Kier molecular flexibility index (Phi) is 4.39. The minimum atomic E-state index is -0.624. The van der Waals surface area contributed by atoms with Gasteiger partial charge in [0.2, 0.25) is 11.8 Å². The highest BCUT2D eigenvalue weighted by atomic mass is 16.2. The molecule has 0 aromatic heterocycles. The van der Waals surface area contributed by atoms with Gasteiger partial charge in [-0.2, -0.15) is 0 Å². The van der Waals surface area contributed by atoms with Crippen molar-refractivity contribution >= 4 is 11.8 Å². The van der Waals surface area contributed by atoms with Crippen molar-refractivity contribution in [2.24, 2.45) is 11.7 Å². The van der Waals surface area contributed by atoms with E-state index in [1.54, 1.807) is 0 Å². The predicted octanol–water partition coefficient (Wildman–Crippen LogP) is 0.327. The average Bonchev–Trinajstić information content (AvgIpc) is 2.43. The summed E-state index contributed by atoms with van der Waals surface area (Å²) >= 11 is 0. The second-order valence-corrected chi connectivity index (χ2v) is 5.54. The molecule has 0 saturated heterocycles. The number of primary amides is 1. The Morgan fingerprint density at radius 3 is 2.55 bits per heavy atom. The van der Waals surface area contributed by atoms with Crippen LogP contribution in [0.3, 0.4) is 0 Å². The number of rotatable bonds is 4. The van der Waals surface area contributed by atoms with Gasteiger partial charge in [-0.25, -0.2) is 0 Å². The van der Waals surface area contributed by atoms with Gasteiger partial charge in [0.05, 0.1) is 6.04 Å². The highest BCUT2D eigenvalue weighted by molar-refractivity contribution is 5.89. The highest BCUT2D eigenvalue weighted by Crippen LogP contribution is 2.16. The second-order valence-electron chi connectivity index (χ2n) is 5.54. The zero-order valence-electron chi connectivity index (χ0n) is 11.8. The standard InChI is InChI=1S/C15H21N3O2/c1-9(2)13(14(16)19)18-15(20)12-7-10-5-3-4-6-11(10)8-17-12/h3-6,9,12-13,17H,7-8H2,1-2H3,(H2,16,19)(H,18,20)/t12-,13?/m1/s1. The van der Waals surface area contributed by atoms with E-state index in [0.717, 1.165) is 0 Å². The Morgan fingerprint density at radius 1 is 1.30 bits per heavy atom. The van der Waals surface area contributed by atoms with Crippen molar-refractivity contribution in [2.75, 3.05) is 0 Å². The number of amides is 2. The van der Waals surface area contributed by atoms with E-state index in [1.165, 1.54) is 11.1 Å². The van der Waals surface area contributed by atoms with Gasteiger partial charge >= 0.3 is 0 Å². The molecule has 20 heavy (non-hydrogen) atoms. The Morgan fingerprint density at radius 2 is 1.95 bits per heavy atom.